The molecule has 0 bridgehead atoms. The second-order valence-corrected chi connectivity index (χ2v) is 5.16. The van der Waals surface area contributed by atoms with E-state index in [2.05, 4.69) is 21.7 Å². The number of amides is 1. The molecule has 4 N–H and O–H groups in total. The van der Waals surface area contributed by atoms with Crippen LogP contribution in [0.2, 0.25) is 5.02 Å². The van der Waals surface area contributed by atoms with Gasteiger partial charge < -0.3 is 5.32 Å². The number of hydrogen-bond acceptors (Lipinski definition) is 4. The molecule has 108 valence electrons. The second kappa shape index (κ2) is 6.24. The summed E-state index contributed by atoms with van der Waals surface area (Å²) >= 11 is 6.06. The van der Waals surface area contributed by atoms with Crippen molar-refractivity contribution in [1.29, 1.82) is 0 Å². The van der Waals surface area contributed by atoms with Gasteiger partial charge in [-0.3, -0.25) is 4.79 Å². The van der Waals surface area contributed by atoms with Crippen LogP contribution < -0.4 is 21.7 Å². The van der Waals surface area contributed by atoms with Crippen molar-refractivity contribution in [2.75, 3.05) is 5.32 Å². The SMILES string of the molecule is O=C(Nc1ccccc1Cl)C1NNNC1c1ccccc1. The molecule has 1 aliphatic heterocycles. The molecule has 0 aliphatic carbocycles. The Morgan fingerprint density at radius 3 is 2.48 bits per heavy atom. The first-order valence-corrected chi connectivity index (χ1v) is 7.00. The van der Waals surface area contributed by atoms with Crippen molar-refractivity contribution >= 4 is 23.2 Å². The molecular formula is C15H15ClN4O. The number of carbonyl (C=O) groups excluding carboxylic acids is 1. The highest BCUT2D eigenvalue weighted by Crippen LogP contribution is 2.23. The Kier molecular flexibility index (Phi) is 4.17. The molecule has 1 amide bonds. The van der Waals surface area contributed by atoms with Crippen LogP contribution in [0.1, 0.15) is 11.6 Å². The highest BCUT2D eigenvalue weighted by Gasteiger charge is 2.33. The van der Waals surface area contributed by atoms with E-state index in [-0.39, 0.29) is 11.9 Å². The fourth-order valence-electron chi connectivity index (χ4n) is 2.29. The summed E-state index contributed by atoms with van der Waals surface area (Å²) in [6.45, 7) is 0. The molecular weight excluding hydrogens is 288 g/mol. The zero-order chi connectivity index (χ0) is 14.7. The summed E-state index contributed by atoms with van der Waals surface area (Å²) in [7, 11) is 0. The quantitative estimate of drug-likeness (QED) is 0.700. The first-order valence-electron chi connectivity index (χ1n) is 6.62. The number of nitrogens with one attached hydrogen (secondary N) is 4. The van der Waals surface area contributed by atoms with Gasteiger partial charge in [0.05, 0.1) is 16.8 Å². The normalized spacial score (nSPS) is 21.2. The molecule has 0 saturated carbocycles. The zero-order valence-corrected chi connectivity index (χ0v) is 11.9. The minimum Gasteiger partial charge on any atom is -0.323 e. The predicted molar refractivity (Wildman–Crippen MR) is 82.5 cm³/mol. The number of hydrazine groups is 2. The van der Waals surface area contributed by atoms with Crippen molar-refractivity contribution in [3.05, 3.63) is 65.2 Å². The summed E-state index contributed by atoms with van der Waals surface area (Å²) in [5.41, 5.74) is 10.4. The van der Waals surface area contributed by atoms with E-state index in [0.29, 0.717) is 10.7 Å². The molecule has 1 heterocycles. The monoisotopic (exact) mass is 302 g/mol. The molecule has 3 rings (SSSR count). The van der Waals surface area contributed by atoms with E-state index < -0.39 is 6.04 Å². The number of halogens is 1. The summed E-state index contributed by atoms with van der Waals surface area (Å²) in [6, 6.07) is 16.3. The number of rotatable bonds is 3. The largest absolute Gasteiger partial charge is 0.323 e. The molecule has 21 heavy (non-hydrogen) atoms. The maximum Gasteiger partial charge on any atom is 0.244 e. The molecule has 2 unspecified atom stereocenters. The molecule has 0 spiro atoms. The van der Waals surface area contributed by atoms with Gasteiger partial charge in [-0.05, 0) is 17.7 Å². The Hall–Kier alpha value is -1.92. The van der Waals surface area contributed by atoms with Crippen LogP contribution in [0.3, 0.4) is 0 Å². The molecule has 6 heteroatoms. The van der Waals surface area contributed by atoms with Crippen molar-refractivity contribution in [3.8, 4) is 0 Å². The van der Waals surface area contributed by atoms with Crippen LogP contribution in [0.25, 0.3) is 0 Å². The Morgan fingerprint density at radius 2 is 1.71 bits per heavy atom. The van der Waals surface area contributed by atoms with Crippen molar-refractivity contribution in [2.24, 2.45) is 0 Å². The van der Waals surface area contributed by atoms with Crippen LogP contribution >= 0.6 is 11.6 Å². The van der Waals surface area contributed by atoms with Crippen LogP contribution in [0.4, 0.5) is 5.69 Å². The van der Waals surface area contributed by atoms with Crippen molar-refractivity contribution in [2.45, 2.75) is 12.1 Å². The van der Waals surface area contributed by atoms with Crippen molar-refractivity contribution in [1.82, 2.24) is 16.4 Å². The number of benzene rings is 2. The Bertz CT molecular complexity index is 635. The lowest BCUT2D eigenvalue weighted by molar-refractivity contribution is -0.118. The minimum absolute atomic E-state index is 0.158. The van der Waals surface area contributed by atoms with E-state index in [4.69, 9.17) is 11.6 Å². The van der Waals surface area contributed by atoms with E-state index in [1.165, 1.54) is 0 Å². The van der Waals surface area contributed by atoms with Gasteiger partial charge in [0.1, 0.15) is 6.04 Å². The Morgan fingerprint density at radius 1 is 1.00 bits per heavy atom. The standard InChI is InChI=1S/C15H15ClN4O/c16-11-8-4-5-9-12(11)17-15(21)14-13(18-20-19-14)10-6-2-1-3-7-10/h1-9,13-14,18-20H,(H,17,21). The lowest BCUT2D eigenvalue weighted by atomic mass is 10.0. The van der Waals surface area contributed by atoms with Gasteiger partial charge in [-0.1, -0.05) is 54.1 Å². The van der Waals surface area contributed by atoms with Crippen LogP contribution in [-0.2, 0) is 4.79 Å². The zero-order valence-electron chi connectivity index (χ0n) is 11.1. The van der Waals surface area contributed by atoms with E-state index in [9.17, 15) is 4.79 Å². The Labute approximate surface area is 127 Å². The molecule has 2 aromatic carbocycles. The second-order valence-electron chi connectivity index (χ2n) is 4.75. The van der Waals surface area contributed by atoms with Crippen molar-refractivity contribution < 1.29 is 4.79 Å². The first-order chi connectivity index (χ1) is 10.3. The van der Waals surface area contributed by atoms with E-state index in [1.807, 2.05) is 42.5 Å². The predicted octanol–water partition coefficient (Wildman–Crippen LogP) is 2.00. The fraction of sp³-hybridized carbons (Fsp3) is 0.133. The van der Waals surface area contributed by atoms with Gasteiger partial charge in [-0.15, -0.1) is 0 Å². The van der Waals surface area contributed by atoms with E-state index in [1.54, 1.807) is 12.1 Å². The maximum absolute atomic E-state index is 12.4. The summed E-state index contributed by atoms with van der Waals surface area (Å²) in [5, 5.41) is 3.35. The van der Waals surface area contributed by atoms with E-state index >= 15 is 0 Å². The molecule has 2 aromatic rings. The number of hydrogen-bond donors (Lipinski definition) is 4. The smallest absolute Gasteiger partial charge is 0.244 e. The van der Waals surface area contributed by atoms with E-state index in [0.717, 1.165) is 5.56 Å². The van der Waals surface area contributed by atoms with Gasteiger partial charge in [0.15, 0.2) is 0 Å². The average Bonchev–Trinajstić information content (AvgIpc) is 3.00. The molecule has 5 nitrogen and oxygen atoms in total. The topological polar surface area (TPSA) is 65.2 Å². The highest BCUT2D eigenvalue weighted by molar-refractivity contribution is 6.33. The number of carbonyl (C=O) groups is 1. The lowest BCUT2D eigenvalue weighted by Crippen LogP contribution is -2.41. The van der Waals surface area contributed by atoms with Crippen molar-refractivity contribution in [3.63, 3.8) is 0 Å². The molecule has 2 atom stereocenters. The third-order valence-electron chi connectivity index (χ3n) is 3.36. The molecule has 0 aromatic heterocycles. The van der Waals surface area contributed by atoms with Crippen LogP contribution in [-0.4, -0.2) is 11.9 Å². The van der Waals surface area contributed by atoms with Crippen LogP contribution in [0.15, 0.2) is 54.6 Å². The Balaban J connectivity index is 1.76. The minimum atomic E-state index is -0.441. The molecule has 0 radical (unpaired) electrons. The lowest BCUT2D eigenvalue weighted by Gasteiger charge is -2.18. The van der Waals surface area contributed by atoms with Gasteiger partial charge in [-0.2, -0.15) is 5.53 Å². The highest BCUT2D eigenvalue weighted by atomic mass is 35.5. The van der Waals surface area contributed by atoms with Crippen LogP contribution in [0, 0.1) is 0 Å². The first kappa shape index (κ1) is 14.0. The van der Waals surface area contributed by atoms with Gasteiger partial charge in [-0.25, -0.2) is 10.9 Å². The molecule has 1 saturated heterocycles. The third kappa shape index (κ3) is 3.06. The maximum atomic E-state index is 12.4. The van der Waals surface area contributed by atoms with Gasteiger partial charge in [0.25, 0.3) is 0 Å². The van der Waals surface area contributed by atoms with Crippen LogP contribution in [0.5, 0.6) is 0 Å². The summed E-state index contributed by atoms with van der Waals surface area (Å²) in [4.78, 5) is 12.4. The summed E-state index contributed by atoms with van der Waals surface area (Å²) in [5.74, 6) is -0.158. The average molecular weight is 303 g/mol. The molecule has 1 fully saturated rings. The van der Waals surface area contributed by atoms with Gasteiger partial charge in [0, 0.05) is 0 Å². The summed E-state index contributed by atoms with van der Waals surface area (Å²) in [6.07, 6.45) is 0. The number of anilines is 1. The third-order valence-corrected chi connectivity index (χ3v) is 3.69. The fourth-order valence-corrected chi connectivity index (χ4v) is 2.47. The van der Waals surface area contributed by atoms with Gasteiger partial charge in [0.2, 0.25) is 5.91 Å². The molecule has 1 aliphatic rings. The van der Waals surface area contributed by atoms with Gasteiger partial charge >= 0.3 is 0 Å². The number of para-hydroxylation sites is 1. The summed E-state index contributed by atoms with van der Waals surface area (Å²) < 4.78 is 0.